The molecule has 1 aromatic carbocycles. The highest BCUT2D eigenvalue weighted by Gasteiger charge is 2.24. The summed E-state index contributed by atoms with van der Waals surface area (Å²) >= 11 is 0. The predicted molar refractivity (Wildman–Crippen MR) is 62.1 cm³/mol. The normalized spacial score (nSPS) is 14.8. The third-order valence-corrected chi connectivity index (χ3v) is 2.55. The van der Waals surface area contributed by atoms with E-state index in [1.54, 1.807) is 0 Å². The second-order valence-corrected chi connectivity index (χ2v) is 4.44. The third-order valence-electron chi connectivity index (χ3n) is 2.55. The molecule has 14 heavy (non-hydrogen) atoms. The van der Waals surface area contributed by atoms with E-state index in [9.17, 15) is 0 Å². The van der Waals surface area contributed by atoms with Crippen LogP contribution in [0.1, 0.15) is 32.8 Å². The van der Waals surface area contributed by atoms with Crippen molar-refractivity contribution in [1.29, 1.82) is 0 Å². The molecule has 0 aliphatic carbocycles. The Labute approximate surface area is 87.4 Å². The Bertz CT molecular complexity index is 316. The van der Waals surface area contributed by atoms with Crippen molar-refractivity contribution in [1.82, 2.24) is 0 Å². The van der Waals surface area contributed by atoms with Gasteiger partial charge in [-0.05, 0) is 24.8 Å². The summed E-state index contributed by atoms with van der Waals surface area (Å²) in [5.41, 5.74) is 1.13. The predicted octanol–water partition coefficient (Wildman–Crippen LogP) is 3.62. The van der Waals surface area contributed by atoms with Crippen molar-refractivity contribution in [2.24, 2.45) is 5.92 Å². The summed E-state index contributed by atoms with van der Waals surface area (Å²) in [4.78, 5) is 0. The zero-order valence-electron chi connectivity index (χ0n) is 9.25. The van der Waals surface area contributed by atoms with Crippen LogP contribution in [0, 0.1) is 18.3 Å². The van der Waals surface area contributed by atoms with Gasteiger partial charge in [0.25, 0.3) is 0 Å². The highest BCUT2D eigenvalue weighted by Crippen LogP contribution is 2.29. The molecule has 0 heteroatoms. The van der Waals surface area contributed by atoms with Crippen molar-refractivity contribution in [2.45, 2.75) is 32.6 Å². The van der Waals surface area contributed by atoms with Crippen molar-refractivity contribution in [2.75, 3.05) is 0 Å². The van der Waals surface area contributed by atoms with Gasteiger partial charge < -0.3 is 0 Å². The Hall–Kier alpha value is -1.22. The molecule has 0 spiro atoms. The lowest BCUT2D eigenvalue weighted by atomic mass is 9.77. The number of rotatable bonds is 3. The van der Waals surface area contributed by atoms with Gasteiger partial charge in [0.15, 0.2) is 0 Å². The zero-order valence-corrected chi connectivity index (χ0v) is 9.25. The van der Waals surface area contributed by atoms with Crippen LogP contribution in [0.25, 0.3) is 0 Å². The highest BCUT2D eigenvalue weighted by atomic mass is 14.3. The molecule has 0 amide bonds. The Morgan fingerprint density at radius 1 is 1.29 bits per heavy atom. The molecule has 1 rings (SSSR count). The summed E-state index contributed by atoms with van der Waals surface area (Å²) < 4.78 is 0. The van der Waals surface area contributed by atoms with Gasteiger partial charge >= 0.3 is 0 Å². The first kappa shape index (κ1) is 10.9. The van der Waals surface area contributed by atoms with Crippen LogP contribution in [0.5, 0.6) is 0 Å². The molecule has 0 heterocycles. The monoisotopic (exact) mass is 186 g/mol. The van der Waals surface area contributed by atoms with E-state index >= 15 is 0 Å². The first-order valence-corrected chi connectivity index (χ1v) is 5.12. The van der Waals surface area contributed by atoms with Crippen molar-refractivity contribution >= 4 is 0 Å². The van der Waals surface area contributed by atoms with Crippen molar-refractivity contribution in [3.63, 3.8) is 0 Å². The number of benzene rings is 1. The van der Waals surface area contributed by atoms with Crippen LogP contribution in [-0.4, -0.2) is 0 Å². The van der Waals surface area contributed by atoms with E-state index in [0.717, 1.165) is 6.42 Å². The molecule has 1 aromatic rings. The standard InChI is InChI=1S/C14H18/c1-5-14(4,11-12(2)3)13-9-7-6-8-10-13/h1,6-10,12H,11H2,2-4H3/t14-/m1/s1. The molecule has 0 nitrogen and oxygen atoms in total. The molecular weight excluding hydrogens is 168 g/mol. The smallest absolute Gasteiger partial charge is 0.0534 e. The lowest BCUT2D eigenvalue weighted by Gasteiger charge is -2.26. The minimum atomic E-state index is -0.116. The summed E-state index contributed by atoms with van der Waals surface area (Å²) in [6.45, 7) is 6.55. The molecule has 0 unspecified atom stereocenters. The average Bonchev–Trinajstić information content (AvgIpc) is 2.18. The maximum Gasteiger partial charge on any atom is 0.0534 e. The van der Waals surface area contributed by atoms with Crippen LogP contribution in [-0.2, 0) is 5.41 Å². The van der Waals surface area contributed by atoms with Crippen LogP contribution in [0.3, 0.4) is 0 Å². The Morgan fingerprint density at radius 2 is 1.86 bits per heavy atom. The van der Waals surface area contributed by atoms with Crippen molar-refractivity contribution < 1.29 is 0 Å². The molecule has 74 valence electrons. The first-order chi connectivity index (χ1) is 6.58. The van der Waals surface area contributed by atoms with E-state index < -0.39 is 0 Å². The second kappa shape index (κ2) is 4.33. The lowest BCUT2D eigenvalue weighted by Crippen LogP contribution is -2.21. The van der Waals surface area contributed by atoms with Crippen LogP contribution in [0.2, 0.25) is 0 Å². The molecule has 0 saturated heterocycles. The Morgan fingerprint density at radius 3 is 2.29 bits per heavy atom. The quantitative estimate of drug-likeness (QED) is 0.632. The summed E-state index contributed by atoms with van der Waals surface area (Å²) in [6.07, 6.45) is 6.67. The van der Waals surface area contributed by atoms with E-state index in [1.165, 1.54) is 5.56 Å². The van der Waals surface area contributed by atoms with Crippen LogP contribution < -0.4 is 0 Å². The van der Waals surface area contributed by atoms with E-state index in [4.69, 9.17) is 6.42 Å². The van der Waals surface area contributed by atoms with E-state index in [-0.39, 0.29) is 5.41 Å². The maximum atomic E-state index is 5.64. The van der Waals surface area contributed by atoms with Gasteiger partial charge in [0.2, 0.25) is 0 Å². The molecule has 0 aliphatic heterocycles. The number of hydrogen-bond donors (Lipinski definition) is 0. The first-order valence-electron chi connectivity index (χ1n) is 5.12. The van der Waals surface area contributed by atoms with Gasteiger partial charge in [0.1, 0.15) is 0 Å². The van der Waals surface area contributed by atoms with E-state index in [0.29, 0.717) is 5.92 Å². The molecule has 0 radical (unpaired) electrons. The third kappa shape index (κ3) is 2.39. The Balaban J connectivity index is 2.98. The van der Waals surface area contributed by atoms with Crippen molar-refractivity contribution in [3.8, 4) is 12.3 Å². The molecule has 0 saturated carbocycles. The van der Waals surface area contributed by atoms with Gasteiger partial charge in [-0.3, -0.25) is 0 Å². The van der Waals surface area contributed by atoms with Crippen LogP contribution >= 0.6 is 0 Å². The van der Waals surface area contributed by atoms with Crippen molar-refractivity contribution in [3.05, 3.63) is 35.9 Å². The Kier molecular flexibility index (Phi) is 3.36. The minimum absolute atomic E-state index is 0.116. The molecule has 0 bridgehead atoms. The van der Waals surface area contributed by atoms with Gasteiger partial charge in [-0.25, -0.2) is 0 Å². The molecule has 1 atom stereocenters. The number of terminal acetylenes is 1. The van der Waals surface area contributed by atoms with E-state index in [1.807, 2.05) is 18.2 Å². The molecule has 0 fully saturated rings. The average molecular weight is 186 g/mol. The highest BCUT2D eigenvalue weighted by molar-refractivity contribution is 5.32. The van der Waals surface area contributed by atoms with Gasteiger partial charge in [0, 0.05) is 0 Å². The molecule has 0 aliphatic rings. The van der Waals surface area contributed by atoms with Crippen LogP contribution in [0.15, 0.2) is 30.3 Å². The lowest BCUT2D eigenvalue weighted by molar-refractivity contribution is 0.453. The second-order valence-electron chi connectivity index (χ2n) is 4.44. The van der Waals surface area contributed by atoms with Gasteiger partial charge in [-0.1, -0.05) is 50.1 Å². The fraction of sp³-hybridized carbons (Fsp3) is 0.429. The van der Waals surface area contributed by atoms with E-state index in [2.05, 4.69) is 38.8 Å². The van der Waals surface area contributed by atoms with Gasteiger partial charge in [-0.15, -0.1) is 6.42 Å². The molecule has 0 aromatic heterocycles. The zero-order chi connectivity index (χ0) is 10.6. The largest absolute Gasteiger partial charge is 0.119 e. The van der Waals surface area contributed by atoms with Gasteiger partial charge in [-0.2, -0.15) is 0 Å². The maximum absolute atomic E-state index is 5.64. The summed E-state index contributed by atoms with van der Waals surface area (Å²) in [7, 11) is 0. The van der Waals surface area contributed by atoms with Gasteiger partial charge in [0.05, 0.1) is 5.41 Å². The summed E-state index contributed by atoms with van der Waals surface area (Å²) in [5.74, 6) is 3.55. The SMILES string of the molecule is C#C[C@](C)(CC(C)C)c1ccccc1. The fourth-order valence-electron chi connectivity index (χ4n) is 1.88. The number of hydrogen-bond acceptors (Lipinski definition) is 0. The van der Waals surface area contributed by atoms with Crippen LogP contribution in [0.4, 0.5) is 0 Å². The summed E-state index contributed by atoms with van der Waals surface area (Å²) in [6, 6.07) is 10.3. The fourth-order valence-corrected chi connectivity index (χ4v) is 1.88. The summed E-state index contributed by atoms with van der Waals surface area (Å²) in [5, 5.41) is 0. The molecule has 0 N–H and O–H groups in total. The topological polar surface area (TPSA) is 0 Å². The minimum Gasteiger partial charge on any atom is -0.119 e. The molecular formula is C14H18.